The van der Waals surface area contributed by atoms with Gasteiger partial charge in [0.25, 0.3) is 31.9 Å². The maximum Gasteiger partial charge on any atom is 0.281 e. The van der Waals surface area contributed by atoms with E-state index in [1.54, 1.807) is 53.4 Å². The largest absolute Gasteiger partial charge is 0.476 e. The molecule has 5 N–H and O–H groups in total. The third-order valence-electron chi connectivity index (χ3n) is 9.56. The number of anilines is 1. The number of aliphatic hydroxyl groups is 2. The summed E-state index contributed by atoms with van der Waals surface area (Å²) in [6, 6.07) is 17.9. The lowest BCUT2D eigenvalue weighted by Gasteiger charge is -2.20. The summed E-state index contributed by atoms with van der Waals surface area (Å²) >= 11 is 16.0. The van der Waals surface area contributed by atoms with Crippen LogP contribution in [0.15, 0.2) is 82.8 Å². The Bertz CT molecular complexity index is 2500. The van der Waals surface area contributed by atoms with E-state index in [0.29, 0.717) is 72.6 Å². The van der Waals surface area contributed by atoms with Gasteiger partial charge < -0.3 is 29.9 Å². The van der Waals surface area contributed by atoms with Crippen molar-refractivity contribution in [2.24, 2.45) is 0 Å². The Kier molecular flexibility index (Phi) is 15.3. The molecular formula is C38H39Cl2FI2N6O10S2. The van der Waals surface area contributed by atoms with Crippen LogP contribution in [0.5, 0.6) is 11.5 Å². The molecule has 0 spiro atoms. The fraction of sp³-hybridized carbons (Fsp3) is 0.368. The molecule has 2 aromatic carbocycles. The minimum Gasteiger partial charge on any atom is -0.476 e. The van der Waals surface area contributed by atoms with Gasteiger partial charge in [-0.25, -0.2) is 19.4 Å². The van der Waals surface area contributed by atoms with Gasteiger partial charge in [0.2, 0.25) is 5.95 Å². The van der Waals surface area contributed by atoms with Crippen molar-refractivity contribution in [3.8, 4) is 11.5 Å². The number of hydrogen-bond donors (Lipinski definition) is 5. The lowest BCUT2D eigenvalue weighted by molar-refractivity contribution is -0.128. The van der Waals surface area contributed by atoms with Crippen molar-refractivity contribution >= 4 is 106 Å². The molecule has 4 fully saturated rings. The molecule has 0 bridgehead atoms. The van der Waals surface area contributed by atoms with Crippen molar-refractivity contribution in [3.63, 3.8) is 0 Å². The zero-order valence-corrected chi connectivity index (χ0v) is 39.3. The highest BCUT2D eigenvalue weighted by molar-refractivity contribution is 14.1. The van der Waals surface area contributed by atoms with E-state index in [0.717, 1.165) is 38.8 Å². The number of benzene rings is 2. The van der Waals surface area contributed by atoms with Crippen molar-refractivity contribution in [2.45, 2.75) is 72.0 Å². The summed E-state index contributed by atoms with van der Waals surface area (Å²) in [5.41, 5.74) is -2.53. The van der Waals surface area contributed by atoms with Gasteiger partial charge in [-0.2, -0.15) is 21.2 Å². The molecule has 16 nitrogen and oxygen atoms in total. The maximum absolute atomic E-state index is 13.1. The van der Waals surface area contributed by atoms with Crippen LogP contribution in [0.4, 0.5) is 10.2 Å². The SMILES string of the molecule is O=C(NS(=O)(=O)c1cccc(F)n1)C1(Oc2cc(Cl)ccc2I)CC1.O=C(NS(=O)(=O)c1cccc(N2CC[C@H](O)C2)n1)C1(Oc2cc(Cl)ccc2I)CC1.O[C@H]1CCNC1. The Morgan fingerprint density at radius 3 is 1.69 bits per heavy atom. The van der Waals surface area contributed by atoms with Crippen LogP contribution in [0, 0.1) is 13.1 Å². The van der Waals surface area contributed by atoms with E-state index in [1.807, 2.05) is 27.3 Å². The van der Waals surface area contributed by atoms with Gasteiger partial charge in [-0.3, -0.25) is 9.59 Å². The van der Waals surface area contributed by atoms with Gasteiger partial charge in [0, 0.05) is 55.4 Å². The summed E-state index contributed by atoms with van der Waals surface area (Å²) < 4.78 is 80.2. The summed E-state index contributed by atoms with van der Waals surface area (Å²) in [5.74, 6) is -1.26. The number of hydrogen-bond acceptors (Lipinski definition) is 14. The average molecular weight is 1150 g/mol. The van der Waals surface area contributed by atoms with Crippen molar-refractivity contribution in [2.75, 3.05) is 31.1 Å². The standard InChI is InChI=1S/C19H19ClIN3O5S.C15H11ClFIN2O4S.C4H9NO/c20-12-4-5-14(21)15(10-12)29-19(7-8-19)18(26)23-30(27,28)17-3-1-2-16(22-17)24-9-6-13(25)11-24;16-9-4-5-10(18)11(8-9)24-15(6-7-15)14(21)20-25(22,23)13-3-1-2-12(17)19-13;6-4-1-2-5-3-4/h1-5,10,13,25H,6-9,11H2,(H,23,26);1-5,8H,6-7H2,(H,20,21);4-6H,1-3H2/t13-;;4-/m0.0/s1. The Morgan fingerprint density at radius 2 is 1.28 bits per heavy atom. The number of β-amino-alcohol motifs (C(OH)–C–C–N with tert-alkyl or cyclic N) is 2. The van der Waals surface area contributed by atoms with E-state index in [1.165, 1.54) is 12.1 Å². The summed E-state index contributed by atoms with van der Waals surface area (Å²) in [6.07, 6.45) is 2.50. The van der Waals surface area contributed by atoms with Gasteiger partial charge in [0.1, 0.15) is 17.3 Å². The molecule has 8 rings (SSSR count). The van der Waals surface area contributed by atoms with E-state index in [2.05, 4.69) is 42.6 Å². The van der Waals surface area contributed by atoms with E-state index in [-0.39, 0.29) is 11.1 Å². The van der Waals surface area contributed by atoms with E-state index < -0.39 is 60.1 Å². The molecule has 2 atom stereocenters. The molecule has 0 radical (unpaired) electrons. The average Bonchev–Trinajstić information content (AvgIpc) is 4.08. The highest BCUT2D eigenvalue weighted by atomic mass is 127. The van der Waals surface area contributed by atoms with Crippen LogP contribution in [0.3, 0.4) is 0 Å². The second-order valence-electron chi connectivity index (χ2n) is 14.4. The number of aromatic nitrogens is 2. The molecule has 0 unspecified atom stereocenters. The van der Waals surface area contributed by atoms with Crippen LogP contribution in [0.25, 0.3) is 0 Å². The topological polar surface area (TPSA) is 226 Å². The first-order valence-corrected chi connectivity index (χ1v) is 24.5. The number of carbonyl (C=O) groups excluding carboxylic acids is 2. The molecule has 2 aliphatic carbocycles. The number of nitrogens with one attached hydrogen (secondary N) is 3. The first kappa shape index (κ1) is 47.3. The Morgan fingerprint density at radius 1 is 0.770 bits per heavy atom. The van der Waals surface area contributed by atoms with Crippen molar-refractivity contribution < 1.29 is 50.5 Å². The molecule has 61 heavy (non-hydrogen) atoms. The van der Waals surface area contributed by atoms with Crippen LogP contribution in [0.2, 0.25) is 10.0 Å². The molecule has 23 heteroatoms. The molecule has 4 heterocycles. The number of sulfonamides is 2. The highest BCUT2D eigenvalue weighted by Crippen LogP contribution is 2.44. The summed E-state index contributed by atoms with van der Waals surface area (Å²) in [4.78, 5) is 34.5. The number of ether oxygens (including phenoxy) is 2. The van der Waals surface area contributed by atoms with Crippen LogP contribution in [0.1, 0.15) is 38.5 Å². The number of carbonyl (C=O) groups is 2. The fourth-order valence-corrected chi connectivity index (χ4v) is 9.12. The Balaban J connectivity index is 0.000000181. The van der Waals surface area contributed by atoms with Gasteiger partial charge in [0.15, 0.2) is 21.3 Å². The minimum atomic E-state index is -4.29. The zero-order valence-electron chi connectivity index (χ0n) is 31.9. The highest BCUT2D eigenvalue weighted by Gasteiger charge is 2.55. The smallest absolute Gasteiger partial charge is 0.281 e. The van der Waals surface area contributed by atoms with Gasteiger partial charge in [-0.15, -0.1) is 0 Å². The third-order valence-corrected chi connectivity index (χ3v) is 14.3. The van der Waals surface area contributed by atoms with Gasteiger partial charge >= 0.3 is 0 Å². The second kappa shape index (κ2) is 19.7. The monoisotopic (exact) mass is 1150 g/mol. The van der Waals surface area contributed by atoms with Crippen LogP contribution in [-0.2, 0) is 29.6 Å². The zero-order chi connectivity index (χ0) is 44.2. The molecule has 4 aromatic rings. The van der Waals surface area contributed by atoms with Crippen molar-refractivity contribution in [1.82, 2.24) is 24.7 Å². The predicted octanol–water partition coefficient (Wildman–Crippen LogP) is 4.56. The van der Waals surface area contributed by atoms with E-state index in [4.69, 9.17) is 37.8 Å². The fourth-order valence-electron chi connectivity index (χ4n) is 5.90. The number of nitrogens with zero attached hydrogens (tertiary/aromatic N) is 3. The quantitative estimate of drug-likeness (QED) is 0.103. The minimum absolute atomic E-state index is 0.0648. The predicted molar refractivity (Wildman–Crippen MR) is 239 cm³/mol. The number of pyridine rings is 2. The summed E-state index contributed by atoms with van der Waals surface area (Å²) in [6.45, 7) is 2.75. The van der Waals surface area contributed by atoms with Gasteiger partial charge in [0.05, 0.1) is 19.3 Å². The lowest BCUT2D eigenvalue weighted by Crippen LogP contribution is -2.43. The third kappa shape index (κ3) is 12.5. The molecule has 328 valence electrons. The second-order valence-corrected chi connectivity index (χ2v) is 20.8. The van der Waals surface area contributed by atoms with Crippen molar-refractivity contribution in [1.29, 1.82) is 0 Å². The summed E-state index contributed by atoms with van der Waals surface area (Å²) in [7, 11) is -8.48. The molecule has 4 aliphatic rings. The molecular weight excluding hydrogens is 1110 g/mol. The summed E-state index contributed by atoms with van der Waals surface area (Å²) in [5, 5.41) is 21.4. The number of halogens is 5. The number of rotatable bonds is 11. The van der Waals surface area contributed by atoms with E-state index in [9.17, 15) is 35.9 Å². The molecule has 2 amide bonds. The molecule has 2 saturated carbocycles. The van der Waals surface area contributed by atoms with Crippen LogP contribution in [-0.4, -0.2) is 98.4 Å². The first-order valence-electron chi connectivity index (χ1n) is 18.6. The van der Waals surface area contributed by atoms with E-state index >= 15 is 0 Å². The van der Waals surface area contributed by atoms with Crippen molar-refractivity contribution in [3.05, 3.63) is 95.9 Å². The maximum atomic E-state index is 13.1. The lowest BCUT2D eigenvalue weighted by atomic mass is 10.3. The van der Waals surface area contributed by atoms with Gasteiger partial charge in [-0.1, -0.05) is 35.3 Å². The Hall–Kier alpha value is -3.17. The van der Waals surface area contributed by atoms with Crippen LogP contribution < -0.4 is 29.1 Å². The Labute approximate surface area is 388 Å². The molecule has 2 aromatic heterocycles. The number of aliphatic hydroxyl groups excluding tert-OH is 2. The molecule has 2 saturated heterocycles. The molecule has 2 aliphatic heterocycles. The number of amides is 2. The van der Waals surface area contributed by atoms with Gasteiger partial charge in [-0.05, 0) is 125 Å². The first-order chi connectivity index (χ1) is 28.8. The van der Waals surface area contributed by atoms with Crippen LogP contribution >= 0.6 is 68.4 Å². The normalized spacial score (nSPS) is 19.6.